The normalized spacial score (nSPS) is 13.2. The molecule has 0 atom stereocenters. The Morgan fingerprint density at radius 1 is 0.731 bits per heavy atom. The first-order valence-electron chi connectivity index (χ1n) is 6.72. The Bertz CT molecular complexity index is 536. The van der Waals surface area contributed by atoms with Crippen LogP contribution in [0.25, 0.3) is 0 Å². The molecule has 152 valence electrons. The van der Waals surface area contributed by atoms with Crippen molar-refractivity contribution in [1.82, 2.24) is 0 Å². The van der Waals surface area contributed by atoms with Gasteiger partial charge in [-0.2, -0.15) is 30.7 Å². The predicted octanol–water partition coefficient (Wildman–Crippen LogP) is 2.50. The summed E-state index contributed by atoms with van der Waals surface area (Å²) in [5, 5.41) is 0. The molecule has 0 N–H and O–H groups in total. The standard InChI is InChI=1S/C13H15F7O6/c1-10(2,3)9(23)25-5-7(21)24-4-8(22)26-6-11(14,15)12(16,17)13(18,19)20/h4-6H2,1-3H3. The minimum atomic E-state index is -6.56. The van der Waals surface area contributed by atoms with Crippen LogP contribution in [0.15, 0.2) is 0 Å². The fourth-order valence-electron chi connectivity index (χ4n) is 1.03. The zero-order valence-electron chi connectivity index (χ0n) is 13.7. The highest BCUT2D eigenvalue weighted by Crippen LogP contribution is 2.46. The molecule has 0 aromatic rings. The second kappa shape index (κ2) is 8.08. The average Bonchev–Trinajstić information content (AvgIpc) is 2.46. The number of esters is 3. The Hall–Kier alpha value is -2.08. The Morgan fingerprint density at radius 3 is 1.58 bits per heavy atom. The minimum Gasteiger partial charge on any atom is -0.456 e. The van der Waals surface area contributed by atoms with Crippen molar-refractivity contribution < 1.29 is 59.3 Å². The molecule has 0 spiro atoms. The molecule has 0 aliphatic rings. The van der Waals surface area contributed by atoms with Crippen molar-refractivity contribution in [2.24, 2.45) is 5.41 Å². The lowest BCUT2D eigenvalue weighted by atomic mass is 9.97. The van der Waals surface area contributed by atoms with Crippen molar-refractivity contribution in [3.05, 3.63) is 0 Å². The fraction of sp³-hybridized carbons (Fsp3) is 0.769. The first kappa shape index (κ1) is 23.9. The molecule has 6 nitrogen and oxygen atoms in total. The molecule has 0 radical (unpaired) electrons. The molecule has 0 saturated heterocycles. The lowest BCUT2D eigenvalue weighted by Gasteiger charge is -2.27. The van der Waals surface area contributed by atoms with Gasteiger partial charge in [-0.3, -0.25) is 4.79 Å². The Morgan fingerprint density at radius 2 is 1.15 bits per heavy atom. The maximum Gasteiger partial charge on any atom is 0.460 e. The number of carbonyl (C=O) groups is 3. The summed E-state index contributed by atoms with van der Waals surface area (Å²) in [5.74, 6) is -16.1. The number of carbonyl (C=O) groups excluding carboxylic acids is 3. The van der Waals surface area contributed by atoms with Crippen molar-refractivity contribution in [1.29, 1.82) is 0 Å². The Kier molecular flexibility index (Phi) is 7.43. The van der Waals surface area contributed by atoms with Gasteiger partial charge in [0.15, 0.2) is 19.8 Å². The second-order valence-electron chi connectivity index (χ2n) is 5.92. The Balaban J connectivity index is 4.40. The van der Waals surface area contributed by atoms with Crippen molar-refractivity contribution in [2.75, 3.05) is 19.8 Å². The zero-order valence-corrected chi connectivity index (χ0v) is 13.7. The molecule has 0 heterocycles. The lowest BCUT2D eigenvalue weighted by Crippen LogP contribution is -2.54. The molecule has 0 aromatic carbocycles. The molecule has 13 heteroatoms. The van der Waals surface area contributed by atoms with Gasteiger partial charge in [0.1, 0.15) is 0 Å². The van der Waals surface area contributed by atoms with E-state index < -0.39 is 61.2 Å². The number of rotatable bonds is 7. The summed E-state index contributed by atoms with van der Waals surface area (Å²) in [4.78, 5) is 33.5. The van der Waals surface area contributed by atoms with Gasteiger partial charge in [0.05, 0.1) is 5.41 Å². The quantitative estimate of drug-likeness (QED) is 0.371. The Labute approximate surface area is 142 Å². The number of hydrogen-bond acceptors (Lipinski definition) is 6. The summed E-state index contributed by atoms with van der Waals surface area (Å²) in [6.07, 6.45) is -6.56. The third-order valence-electron chi connectivity index (χ3n) is 2.51. The lowest BCUT2D eigenvalue weighted by molar-refractivity contribution is -0.359. The average molecular weight is 400 g/mol. The van der Waals surface area contributed by atoms with Crippen molar-refractivity contribution in [3.8, 4) is 0 Å². The van der Waals surface area contributed by atoms with E-state index in [4.69, 9.17) is 0 Å². The highest BCUT2D eigenvalue weighted by atomic mass is 19.4. The number of halogens is 7. The summed E-state index contributed by atoms with van der Waals surface area (Å²) in [6.45, 7) is -0.487. The summed E-state index contributed by atoms with van der Waals surface area (Å²) in [6, 6.07) is 0. The maximum atomic E-state index is 12.9. The van der Waals surface area contributed by atoms with Gasteiger partial charge in [0.2, 0.25) is 0 Å². The minimum absolute atomic E-state index is 0.800. The van der Waals surface area contributed by atoms with E-state index in [1.807, 2.05) is 0 Å². The molecule has 0 bridgehead atoms. The maximum absolute atomic E-state index is 12.9. The van der Waals surface area contributed by atoms with Crippen LogP contribution in [0.1, 0.15) is 20.8 Å². The van der Waals surface area contributed by atoms with Gasteiger partial charge in [0, 0.05) is 0 Å². The molecule has 0 aliphatic carbocycles. The van der Waals surface area contributed by atoms with Crippen LogP contribution in [0.2, 0.25) is 0 Å². The third-order valence-corrected chi connectivity index (χ3v) is 2.51. The second-order valence-corrected chi connectivity index (χ2v) is 5.92. The van der Waals surface area contributed by atoms with Gasteiger partial charge < -0.3 is 14.2 Å². The zero-order chi connectivity index (χ0) is 21.0. The van der Waals surface area contributed by atoms with E-state index in [2.05, 4.69) is 14.2 Å². The van der Waals surface area contributed by atoms with Crippen LogP contribution in [-0.2, 0) is 28.6 Å². The number of hydrogen-bond donors (Lipinski definition) is 0. The van der Waals surface area contributed by atoms with Crippen LogP contribution < -0.4 is 0 Å². The van der Waals surface area contributed by atoms with Gasteiger partial charge >= 0.3 is 35.9 Å². The highest BCUT2D eigenvalue weighted by molar-refractivity contribution is 5.81. The third kappa shape index (κ3) is 6.67. The van der Waals surface area contributed by atoms with E-state index >= 15 is 0 Å². The smallest absolute Gasteiger partial charge is 0.456 e. The molecule has 0 aliphatic heterocycles. The van der Waals surface area contributed by atoms with Crippen LogP contribution >= 0.6 is 0 Å². The number of alkyl halides is 7. The van der Waals surface area contributed by atoms with Gasteiger partial charge in [0.25, 0.3) is 0 Å². The molecular formula is C13H15F7O6. The largest absolute Gasteiger partial charge is 0.460 e. The predicted molar refractivity (Wildman–Crippen MR) is 68.3 cm³/mol. The monoisotopic (exact) mass is 400 g/mol. The van der Waals surface area contributed by atoms with Gasteiger partial charge in [-0.25, -0.2) is 9.59 Å². The van der Waals surface area contributed by atoms with Crippen LogP contribution in [0.5, 0.6) is 0 Å². The van der Waals surface area contributed by atoms with E-state index in [-0.39, 0.29) is 0 Å². The summed E-state index contributed by atoms with van der Waals surface area (Å²) >= 11 is 0. The van der Waals surface area contributed by atoms with Crippen molar-refractivity contribution in [2.45, 2.75) is 38.8 Å². The first-order chi connectivity index (χ1) is 11.4. The van der Waals surface area contributed by atoms with Crippen molar-refractivity contribution in [3.63, 3.8) is 0 Å². The molecule has 0 rings (SSSR count). The van der Waals surface area contributed by atoms with Crippen LogP contribution in [0.3, 0.4) is 0 Å². The van der Waals surface area contributed by atoms with E-state index in [1.54, 1.807) is 0 Å². The summed E-state index contributed by atoms with van der Waals surface area (Å²) in [7, 11) is 0. The SMILES string of the molecule is CC(C)(C)C(=O)OCC(=O)OCC(=O)OCC(F)(F)C(F)(F)C(F)(F)F. The molecule has 0 amide bonds. The van der Waals surface area contributed by atoms with E-state index in [0.29, 0.717) is 0 Å². The van der Waals surface area contributed by atoms with Gasteiger partial charge in [-0.15, -0.1) is 0 Å². The number of ether oxygens (including phenoxy) is 3. The van der Waals surface area contributed by atoms with E-state index in [0.717, 1.165) is 0 Å². The highest BCUT2D eigenvalue weighted by Gasteiger charge is 2.73. The summed E-state index contributed by atoms with van der Waals surface area (Å²) < 4.78 is 98.6. The molecule has 26 heavy (non-hydrogen) atoms. The molecular weight excluding hydrogens is 385 g/mol. The van der Waals surface area contributed by atoms with E-state index in [9.17, 15) is 45.1 Å². The van der Waals surface area contributed by atoms with Crippen LogP contribution in [0, 0.1) is 5.41 Å². The molecule has 0 fully saturated rings. The molecule has 0 saturated carbocycles. The van der Waals surface area contributed by atoms with Gasteiger partial charge in [-0.05, 0) is 20.8 Å². The topological polar surface area (TPSA) is 78.9 Å². The molecule has 0 aromatic heterocycles. The van der Waals surface area contributed by atoms with Crippen molar-refractivity contribution >= 4 is 17.9 Å². The fourth-order valence-corrected chi connectivity index (χ4v) is 1.03. The molecule has 0 unspecified atom stereocenters. The van der Waals surface area contributed by atoms with Crippen LogP contribution in [0.4, 0.5) is 30.7 Å². The van der Waals surface area contributed by atoms with E-state index in [1.165, 1.54) is 20.8 Å². The summed E-state index contributed by atoms with van der Waals surface area (Å²) in [5.41, 5.74) is -0.950. The van der Waals surface area contributed by atoms with Gasteiger partial charge in [-0.1, -0.05) is 0 Å². The van der Waals surface area contributed by atoms with Crippen LogP contribution in [-0.4, -0.2) is 55.7 Å². The first-order valence-corrected chi connectivity index (χ1v) is 6.72.